The Hall–Kier alpha value is -0.980. The molecular formula is C11H10BrN3S2. The Morgan fingerprint density at radius 3 is 2.94 bits per heavy atom. The minimum Gasteiger partial charge on any atom is -0.389 e. The summed E-state index contributed by atoms with van der Waals surface area (Å²) in [6.45, 7) is 0.711. The van der Waals surface area contributed by atoms with Crippen LogP contribution >= 0.6 is 39.5 Å². The maximum atomic E-state index is 5.57. The molecule has 1 aromatic carbocycles. The molecule has 0 unspecified atom stereocenters. The maximum Gasteiger partial charge on any atom is 0.112 e. The lowest BCUT2D eigenvalue weighted by atomic mass is 10.2. The highest BCUT2D eigenvalue weighted by atomic mass is 79.9. The predicted octanol–water partition coefficient (Wildman–Crippen LogP) is 3.15. The number of nitrogens with zero attached hydrogens (tertiary/aromatic N) is 1. The largest absolute Gasteiger partial charge is 0.389 e. The number of hydrogen-bond donors (Lipinski definition) is 2. The van der Waals surface area contributed by atoms with Crippen molar-refractivity contribution < 1.29 is 0 Å². The molecule has 1 heterocycles. The van der Waals surface area contributed by atoms with Crippen LogP contribution in [0.2, 0.25) is 0 Å². The second kappa shape index (κ2) is 5.57. The zero-order chi connectivity index (χ0) is 12.3. The molecule has 0 saturated carbocycles. The highest BCUT2D eigenvalue weighted by molar-refractivity contribution is 9.10. The third kappa shape index (κ3) is 3.24. The Bertz CT molecular complexity index is 526. The van der Waals surface area contributed by atoms with Gasteiger partial charge in [-0.2, -0.15) is 0 Å². The monoisotopic (exact) mass is 327 g/mol. The molecule has 0 aliphatic carbocycles. The first-order chi connectivity index (χ1) is 8.16. The lowest BCUT2D eigenvalue weighted by molar-refractivity contribution is 1.10. The normalized spacial score (nSPS) is 10.2. The van der Waals surface area contributed by atoms with Gasteiger partial charge in [0.05, 0.1) is 6.54 Å². The molecule has 0 atom stereocenters. The summed E-state index contributed by atoms with van der Waals surface area (Å²) in [6.07, 6.45) is 1.80. The van der Waals surface area contributed by atoms with Crippen LogP contribution in [0.3, 0.4) is 0 Å². The van der Waals surface area contributed by atoms with E-state index >= 15 is 0 Å². The molecule has 1 aromatic heterocycles. The summed E-state index contributed by atoms with van der Waals surface area (Å²) < 4.78 is 0.944. The van der Waals surface area contributed by atoms with Crippen molar-refractivity contribution in [2.24, 2.45) is 5.73 Å². The van der Waals surface area contributed by atoms with Gasteiger partial charge in [-0.1, -0.05) is 12.2 Å². The van der Waals surface area contributed by atoms with Crippen LogP contribution in [-0.4, -0.2) is 9.97 Å². The quantitative estimate of drug-likeness (QED) is 0.847. The fourth-order valence-electron chi connectivity index (χ4n) is 1.32. The van der Waals surface area contributed by atoms with Crippen molar-refractivity contribution in [2.45, 2.75) is 6.54 Å². The molecule has 0 saturated heterocycles. The molecule has 0 amide bonds. The number of nitrogens with two attached hydrogens (primary N) is 1. The number of halogens is 1. The van der Waals surface area contributed by atoms with Crippen LogP contribution in [0, 0.1) is 0 Å². The molecule has 0 spiro atoms. The lowest BCUT2D eigenvalue weighted by Gasteiger charge is -2.08. The molecule has 0 fully saturated rings. The predicted molar refractivity (Wildman–Crippen MR) is 79.5 cm³/mol. The van der Waals surface area contributed by atoms with Crippen molar-refractivity contribution in [3.8, 4) is 0 Å². The highest BCUT2D eigenvalue weighted by Gasteiger charge is 2.03. The van der Waals surface area contributed by atoms with Gasteiger partial charge >= 0.3 is 0 Å². The van der Waals surface area contributed by atoms with E-state index in [1.807, 2.05) is 23.6 Å². The van der Waals surface area contributed by atoms with E-state index in [2.05, 4.69) is 26.2 Å². The Morgan fingerprint density at radius 2 is 2.35 bits per heavy atom. The minimum absolute atomic E-state index is 0.400. The van der Waals surface area contributed by atoms with Crippen LogP contribution < -0.4 is 11.1 Å². The zero-order valence-corrected chi connectivity index (χ0v) is 12.0. The molecule has 0 aliphatic heterocycles. The third-order valence-corrected chi connectivity index (χ3v) is 3.84. The van der Waals surface area contributed by atoms with Gasteiger partial charge in [-0.15, -0.1) is 11.3 Å². The van der Waals surface area contributed by atoms with E-state index < -0.39 is 0 Å². The molecule has 17 heavy (non-hydrogen) atoms. The Kier molecular flexibility index (Phi) is 4.09. The van der Waals surface area contributed by atoms with Gasteiger partial charge in [-0.05, 0) is 34.1 Å². The van der Waals surface area contributed by atoms with Gasteiger partial charge in [0.25, 0.3) is 0 Å². The lowest BCUT2D eigenvalue weighted by Crippen LogP contribution is -2.09. The molecule has 0 bridgehead atoms. The SMILES string of the molecule is NC(=S)c1ccc(NCc2nccs2)c(Br)c1. The molecular weight excluding hydrogens is 318 g/mol. The minimum atomic E-state index is 0.400. The average molecular weight is 328 g/mol. The Labute approximate surface area is 117 Å². The number of thiocarbonyl (C=S) groups is 1. The van der Waals surface area contributed by atoms with Crippen molar-refractivity contribution in [1.29, 1.82) is 0 Å². The first-order valence-electron chi connectivity index (χ1n) is 4.88. The van der Waals surface area contributed by atoms with Gasteiger partial charge in [0, 0.05) is 27.3 Å². The van der Waals surface area contributed by atoms with Gasteiger partial charge in [-0.3, -0.25) is 0 Å². The molecule has 0 radical (unpaired) electrons. The van der Waals surface area contributed by atoms with Gasteiger partial charge in [0.15, 0.2) is 0 Å². The van der Waals surface area contributed by atoms with Gasteiger partial charge < -0.3 is 11.1 Å². The standard InChI is InChI=1S/C11H10BrN3S2/c12-8-5-7(11(13)16)1-2-9(8)15-6-10-14-3-4-17-10/h1-5,15H,6H2,(H2,13,16). The topological polar surface area (TPSA) is 50.9 Å². The highest BCUT2D eigenvalue weighted by Crippen LogP contribution is 2.24. The van der Waals surface area contributed by atoms with E-state index in [0.29, 0.717) is 11.5 Å². The summed E-state index contributed by atoms with van der Waals surface area (Å²) in [4.78, 5) is 4.61. The van der Waals surface area contributed by atoms with E-state index in [-0.39, 0.29) is 0 Å². The number of benzene rings is 1. The van der Waals surface area contributed by atoms with E-state index in [4.69, 9.17) is 18.0 Å². The number of aromatic nitrogens is 1. The summed E-state index contributed by atoms with van der Waals surface area (Å²) in [5.74, 6) is 0. The smallest absolute Gasteiger partial charge is 0.112 e. The van der Waals surface area contributed by atoms with Gasteiger partial charge in [0.1, 0.15) is 10.00 Å². The zero-order valence-electron chi connectivity index (χ0n) is 8.81. The van der Waals surface area contributed by atoms with Crippen molar-refractivity contribution >= 4 is 50.2 Å². The van der Waals surface area contributed by atoms with Crippen molar-refractivity contribution in [3.05, 3.63) is 44.8 Å². The van der Waals surface area contributed by atoms with Crippen LogP contribution in [0.5, 0.6) is 0 Å². The number of rotatable bonds is 4. The fraction of sp³-hybridized carbons (Fsp3) is 0.0909. The number of thiazole rings is 1. The van der Waals surface area contributed by atoms with E-state index in [9.17, 15) is 0 Å². The molecule has 0 aliphatic rings. The summed E-state index contributed by atoms with van der Waals surface area (Å²) >= 11 is 10.0. The van der Waals surface area contributed by atoms with Crippen LogP contribution in [0.15, 0.2) is 34.2 Å². The molecule has 3 nitrogen and oxygen atoms in total. The third-order valence-electron chi connectivity index (χ3n) is 2.17. The summed E-state index contributed by atoms with van der Waals surface area (Å²) in [7, 11) is 0. The number of nitrogens with one attached hydrogen (secondary N) is 1. The van der Waals surface area contributed by atoms with Gasteiger partial charge in [-0.25, -0.2) is 4.98 Å². The van der Waals surface area contributed by atoms with E-state index in [1.165, 1.54) is 0 Å². The Balaban J connectivity index is 2.09. The fourth-order valence-corrected chi connectivity index (χ4v) is 2.52. The van der Waals surface area contributed by atoms with Crippen molar-refractivity contribution in [1.82, 2.24) is 4.98 Å². The molecule has 2 aromatic rings. The molecule has 6 heteroatoms. The first kappa shape index (κ1) is 12.5. The van der Waals surface area contributed by atoms with Crippen molar-refractivity contribution in [3.63, 3.8) is 0 Å². The van der Waals surface area contributed by atoms with Crippen LogP contribution in [0.4, 0.5) is 5.69 Å². The second-order valence-corrected chi connectivity index (χ2v) is 5.61. The first-order valence-corrected chi connectivity index (χ1v) is 6.96. The van der Waals surface area contributed by atoms with E-state index in [0.717, 1.165) is 20.7 Å². The maximum absolute atomic E-state index is 5.57. The molecule has 88 valence electrons. The average Bonchev–Trinajstić information content (AvgIpc) is 2.80. The van der Waals surface area contributed by atoms with Gasteiger partial charge in [0.2, 0.25) is 0 Å². The van der Waals surface area contributed by atoms with Crippen molar-refractivity contribution in [2.75, 3.05) is 5.32 Å². The number of hydrogen-bond acceptors (Lipinski definition) is 4. The Morgan fingerprint density at radius 1 is 1.53 bits per heavy atom. The van der Waals surface area contributed by atoms with E-state index in [1.54, 1.807) is 17.5 Å². The molecule has 2 rings (SSSR count). The summed E-state index contributed by atoms with van der Waals surface area (Å²) in [6, 6.07) is 5.76. The molecule has 3 N–H and O–H groups in total. The van der Waals surface area contributed by atoms with Crippen LogP contribution in [0.25, 0.3) is 0 Å². The summed E-state index contributed by atoms with van der Waals surface area (Å²) in [5.41, 5.74) is 7.42. The second-order valence-electron chi connectivity index (χ2n) is 3.34. The van der Waals surface area contributed by atoms with Crippen LogP contribution in [-0.2, 0) is 6.54 Å². The number of anilines is 1. The van der Waals surface area contributed by atoms with Crippen LogP contribution in [0.1, 0.15) is 10.6 Å². The summed E-state index contributed by atoms with van der Waals surface area (Å²) in [5, 5.41) is 6.31.